The number of nitrogens with two attached hydrogens (primary N) is 1. The van der Waals surface area contributed by atoms with E-state index in [9.17, 15) is 9.59 Å². The van der Waals surface area contributed by atoms with Gasteiger partial charge in [-0.3, -0.25) is 9.59 Å². The molecular formula is C19H24Cl2N4O2. The predicted octanol–water partition coefficient (Wildman–Crippen LogP) is 3.78. The summed E-state index contributed by atoms with van der Waals surface area (Å²) in [5.74, 6) is 0.00877. The molecule has 0 bridgehead atoms. The molecule has 1 aliphatic carbocycles. The van der Waals surface area contributed by atoms with Gasteiger partial charge in [0.25, 0.3) is 5.91 Å². The van der Waals surface area contributed by atoms with Crippen LogP contribution < -0.4 is 16.4 Å². The lowest BCUT2D eigenvalue weighted by molar-refractivity contribution is -0.122. The molecule has 2 aromatic rings. The molecule has 1 aliphatic rings. The molecule has 0 atom stereocenters. The van der Waals surface area contributed by atoms with E-state index < -0.39 is 5.54 Å². The third-order valence-corrected chi connectivity index (χ3v) is 4.49. The number of nitrogens with zero attached hydrogens (tertiary/aromatic N) is 1. The molecule has 146 valence electrons. The van der Waals surface area contributed by atoms with Crippen LogP contribution in [0.2, 0.25) is 0 Å². The van der Waals surface area contributed by atoms with Crippen molar-refractivity contribution < 1.29 is 9.59 Å². The van der Waals surface area contributed by atoms with Gasteiger partial charge in [0.05, 0.1) is 5.54 Å². The molecule has 1 heterocycles. The highest BCUT2D eigenvalue weighted by Crippen LogP contribution is 2.27. The Bertz CT molecular complexity index is 765. The van der Waals surface area contributed by atoms with Gasteiger partial charge in [-0.05, 0) is 43.2 Å². The molecule has 0 saturated heterocycles. The summed E-state index contributed by atoms with van der Waals surface area (Å²) < 4.78 is 0. The van der Waals surface area contributed by atoms with E-state index >= 15 is 0 Å². The average molecular weight is 411 g/mol. The smallest absolute Gasteiger partial charge is 0.256 e. The van der Waals surface area contributed by atoms with Crippen molar-refractivity contribution >= 4 is 48.1 Å². The highest BCUT2D eigenvalue weighted by Gasteiger charge is 2.35. The first kappa shape index (κ1) is 22.9. The van der Waals surface area contributed by atoms with E-state index in [2.05, 4.69) is 15.6 Å². The van der Waals surface area contributed by atoms with Gasteiger partial charge in [-0.1, -0.05) is 31.4 Å². The molecule has 2 amide bonds. The van der Waals surface area contributed by atoms with Crippen molar-refractivity contribution in [2.24, 2.45) is 5.73 Å². The Morgan fingerprint density at radius 3 is 2.37 bits per heavy atom. The van der Waals surface area contributed by atoms with Gasteiger partial charge in [-0.15, -0.1) is 24.8 Å². The lowest BCUT2D eigenvalue weighted by atomic mass is 9.82. The van der Waals surface area contributed by atoms with Crippen LogP contribution in [0.1, 0.15) is 42.5 Å². The summed E-state index contributed by atoms with van der Waals surface area (Å²) in [6.45, 7) is 0. The van der Waals surface area contributed by atoms with Gasteiger partial charge >= 0.3 is 0 Å². The third kappa shape index (κ3) is 5.92. The number of halogens is 2. The number of pyridine rings is 1. The maximum absolute atomic E-state index is 12.5. The Hall–Kier alpha value is -2.15. The molecule has 6 nitrogen and oxygen atoms in total. The Labute approximate surface area is 171 Å². The average Bonchev–Trinajstić information content (AvgIpc) is 2.63. The molecule has 1 fully saturated rings. The van der Waals surface area contributed by atoms with Crippen LogP contribution >= 0.6 is 24.8 Å². The van der Waals surface area contributed by atoms with Crippen molar-refractivity contribution in [3.05, 3.63) is 54.2 Å². The Kier molecular flexibility index (Phi) is 8.69. The molecule has 4 N–H and O–H groups in total. The topological polar surface area (TPSA) is 97.1 Å². The normalized spacial score (nSPS) is 14.9. The lowest BCUT2D eigenvalue weighted by Crippen LogP contribution is -2.52. The van der Waals surface area contributed by atoms with Crippen LogP contribution in [0, 0.1) is 0 Å². The Morgan fingerprint density at radius 1 is 0.963 bits per heavy atom. The summed E-state index contributed by atoms with van der Waals surface area (Å²) in [5, 5.41) is 5.57. The fraction of sp³-hybridized carbons (Fsp3) is 0.316. The number of aromatic nitrogens is 1. The fourth-order valence-corrected chi connectivity index (χ4v) is 3.03. The minimum absolute atomic E-state index is 0. The molecule has 3 rings (SSSR count). The number of nitrogens with one attached hydrogen (secondary N) is 2. The van der Waals surface area contributed by atoms with Crippen LogP contribution in [0.15, 0.2) is 48.7 Å². The molecule has 8 heteroatoms. The van der Waals surface area contributed by atoms with Crippen molar-refractivity contribution in [3.8, 4) is 0 Å². The van der Waals surface area contributed by atoms with Crippen LogP contribution in [0.3, 0.4) is 0 Å². The fourth-order valence-electron chi connectivity index (χ4n) is 3.03. The number of hydrogen-bond donors (Lipinski definition) is 3. The predicted molar refractivity (Wildman–Crippen MR) is 112 cm³/mol. The first-order valence-corrected chi connectivity index (χ1v) is 8.50. The van der Waals surface area contributed by atoms with Crippen molar-refractivity contribution in [3.63, 3.8) is 0 Å². The van der Waals surface area contributed by atoms with Crippen LogP contribution in [0.25, 0.3) is 0 Å². The summed E-state index contributed by atoms with van der Waals surface area (Å²) in [5.41, 5.74) is 6.44. The maximum Gasteiger partial charge on any atom is 0.256 e. The van der Waals surface area contributed by atoms with E-state index in [0.717, 1.165) is 19.3 Å². The molecule has 1 aromatic heterocycles. The number of rotatable bonds is 4. The molecule has 0 unspecified atom stereocenters. The number of carbonyl (C=O) groups is 2. The highest BCUT2D eigenvalue weighted by atomic mass is 35.5. The van der Waals surface area contributed by atoms with Crippen LogP contribution in [0.5, 0.6) is 0 Å². The van der Waals surface area contributed by atoms with Crippen molar-refractivity contribution in [1.29, 1.82) is 0 Å². The summed E-state index contributed by atoms with van der Waals surface area (Å²) in [7, 11) is 0. The zero-order valence-corrected chi connectivity index (χ0v) is 16.4. The highest BCUT2D eigenvalue weighted by molar-refractivity contribution is 6.05. The second-order valence-corrected chi connectivity index (χ2v) is 6.42. The molecular weight excluding hydrogens is 387 g/mol. The molecule has 1 aromatic carbocycles. The van der Waals surface area contributed by atoms with Gasteiger partial charge in [0.1, 0.15) is 5.82 Å². The van der Waals surface area contributed by atoms with Gasteiger partial charge in [0.15, 0.2) is 0 Å². The largest absolute Gasteiger partial charge is 0.324 e. The van der Waals surface area contributed by atoms with Gasteiger partial charge in [-0.25, -0.2) is 4.98 Å². The number of carbonyl (C=O) groups excluding carboxylic acids is 2. The van der Waals surface area contributed by atoms with E-state index in [1.165, 1.54) is 0 Å². The van der Waals surface area contributed by atoms with Crippen LogP contribution in [0.4, 0.5) is 11.5 Å². The lowest BCUT2D eigenvalue weighted by Gasteiger charge is -2.31. The van der Waals surface area contributed by atoms with Crippen LogP contribution in [-0.4, -0.2) is 22.3 Å². The minimum atomic E-state index is -0.815. The second kappa shape index (κ2) is 10.3. The van der Waals surface area contributed by atoms with Crippen molar-refractivity contribution in [2.45, 2.75) is 37.6 Å². The second-order valence-electron chi connectivity index (χ2n) is 6.42. The van der Waals surface area contributed by atoms with Gasteiger partial charge < -0.3 is 16.4 Å². The first-order valence-electron chi connectivity index (χ1n) is 8.50. The number of anilines is 2. The summed E-state index contributed by atoms with van der Waals surface area (Å²) in [6.07, 6.45) is 6.05. The molecule has 0 spiro atoms. The number of hydrogen-bond acceptors (Lipinski definition) is 4. The zero-order valence-electron chi connectivity index (χ0n) is 14.8. The minimum Gasteiger partial charge on any atom is -0.324 e. The van der Waals surface area contributed by atoms with E-state index in [4.69, 9.17) is 5.73 Å². The van der Waals surface area contributed by atoms with Crippen molar-refractivity contribution in [1.82, 2.24) is 4.98 Å². The number of benzene rings is 1. The Morgan fingerprint density at radius 2 is 1.70 bits per heavy atom. The Balaban J connectivity index is 0.00000182. The van der Waals surface area contributed by atoms with Crippen LogP contribution in [-0.2, 0) is 4.79 Å². The SMILES string of the molecule is Cl.Cl.NC1(C(=O)Nc2cccc(C(=O)Nc3ccccn3)c2)CCCCC1. The van der Waals surface area contributed by atoms with E-state index in [-0.39, 0.29) is 36.6 Å². The summed E-state index contributed by atoms with van der Waals surface area (Å²) >= 11 is 0. The van der Waals surface area contributed by atoms with Gasteiger partial charge in [0.2, 0.25) is 5.91 Å². The summed E-state index contributed by atoms with van der Waals surface area (Å²) in [6, 6.07) is 12.1. The van der Waals surface area contributed by atoms with Gasteiger partial charge in [0, 0.05) is 17.4 Å². The molecule has 0 radical (unpaired) electrons. The first-order chi connectivity index (χ1) is 12.1. The number of amides is 2. The molecule has 27 heavy (non-hydrogen) atoms. The zero-order chi connectivity index (χ0) is 17.7. The quantitative estimate of drug-likeness (QED) is 0.713. The molecule has 0 aliphatic heterocycles. The van der Waals surface area contributed by atoms with E-state index in [1.54, 1.807) is 48.7 Å². The van der Waals surface area contributed by atoms with E-state index in [1.807, 2.05) is 0 Å². The maximum atomic E-state index is 12.5. The summed E-state index contributed by atoms with van der Waals surface area (Å²) in [4.78, 5) is 28.9. The standard InChI is InChI=1S/C19H22N4O2.2ClH/c20-19(10-3-1-4-11-19)18(25)22-15-8-6-7-14(13-15)17(24)23-16-9-2-5-12-21-16;;/h2,5-9,12-13H,1,3-4,10-11,20H2,(H,22,25)(H,21,23,24);2*1H. The monoisotopic (exact) mass is 410 g/mol. The molecule has 1 saturated carbocycles. The van der Waals surface area contributed by atoms with Gasteiger partial charge in [-0.2, -0.15) is 0 Å². The van der Waals surface area contributed by atoms with Crippen molar-refractivity contribution in [2.75, 3.05) is 10.6 Å². The van der Waals surface area contributed by atoms with E-state index in [0.29, 0.717) is 29.9 Å². The third-order valence-electron chi connectivity index (χ3n) is 4.49.